The van der Waals surface area contributed by atoms with Crippen molar-refractivity contribution >= 4 is 11.5 Å². The summed E-state index contributed by atoms with van der Waals surface area (Å²) in [5.74, 6) is 0.445. The number of anilines is 2. The summed E-state index contributed by atoms with van der Waals surface area (Å²) in [6.07, 6.45) is 1.23. The predicted octanol–water partition coefficient (Wildman–Crippen LogP) is 2.83. The van der Waals surface area contributed by atoms with Crippen LogP contribution in [0.5, 0.6) is 0 Å². The number of nitrogen functional groups attached to an aromatic ring is 1. The van der Waals surface area contributed by atoms with E-state index < -0.39 is 0 Å². The number of nitrogens with two attached hydrogens (primary N) is 1. The molecule has 0 aliphatic heterocycles. The second kappa shape index (κ2) is 5.49. The Morgan fingerprint density at radius 3 is 2.72 bits per heavy atom. The largest absolute Gasteiger partial charge is 0.399 e. The van der Waals surface area contributed by atoms with Crippen molar-refractivity contribution in [1.29, 1.82) is 0 Å². The predicted molar refractivity (Wildman–Crippen MR) is 71.8 cm³/mol. The lowest BCUT2D eigenvalue weighted by Crippen LogP contribution is -2.23. The van der Waals surface area contributed by atoms with Crippen LogP contribution in [-0.4, -0.2) is 11.5 Å². The molecule has 3 nitrogen and oxygen atoms in total. The Morgan fingerprint density at radius 2 is 2.11 bits per heavy atom. The van der Waals surface area contributed by atoms with E-state index in [2.05, 4.69) is 9.88 Å². The van der Waals surface area contributed by atoms with Crippen LogP contribution < -0.4 is 10.6 Å². The number of hydrogen-bond donors (Lipinski definition) is 1. The van der Waals surface area contributed by atoms with Crippen LogP contribution in [0.1, 0.15) is 12.5 Å². The molecule has 0 bridgehead atoms. The van der Waals surface area contributed by atoms with Crippen LogP contribution in [0.3, 0.4) is 0 Å². The van der Waals surface area contributed by atoms with E-state index in [1.165, 1.54) is 12.3 Å². The van der Waals surface area contributed by atoms with E-state index >= 15 is 0 Å². The van der Waals surface area contributed by atoms with Crippen LogP contribution in [-0.2, 0) is 6.54 Å². The molecule has 18 heavy (non-hydrogen) atoms. The maximum Gasteiger partial charge on any atom is 0.141 e. The molecule has 94 valence electrons. The minimum Gasteiger partial charge on any atom is -0.399 e. The highest BCUT2D eigenvalue weighted by Gasteiger charge is 2.06. The molecule has 0 aliphatic rings. The smallest absolute Gasteiger partial charge is 0.141 e. The van der Waals surface area contributed by atoms with E-state index in [4.69, 9.17) is 5.73 Å². The van der Waals surface area contributed by atoms with Gasteiger partial charge in [-0.05, 0) is 36.8 Å². The molecule has 0 saturated carbocycles. The topological polar surface area (TPSA) is 42.1 Å². The fourth-order valence-electron chi connectivity index (χ4n) is 1.82. The molecule has 4 heteroatoms. The number of rotatable bonds is 4. The van der Waals surface area contributed by atoms with Gasteiger partial charge in [0.1, 0.15) is 11.6 Å². The summed E-state index contributed by atoms with van der Waals surface area (Å²) >= 11 is 0. The summed E-state index contributed by atoms with van der Waals surface area (Å²) in [4.78, 5) is 6.15. The van der Waals surface area contributed by atoms with Crippen LogP contribution in [0.2, 0.25) is 0 Å². The normalized spacial score (nSPS) is 10.3. The van der Waals surface area contributed by atoms with E-state index in [1.54, 1.807) is 6.07 Å². The maximum atomic E-state index is 12.8. The third-order valence-corrected chi connectivity index (χ3v) is 2.74. The lowest BCUT2D eigenvalue weighted by molar-refractivity contribution is 0.620. The van der Waals surface area contributed by atoms with E-state index in [-0.39, 0.29) is 5.82 Å². The summed E-state index contributed by atoms with van der Waals surface area (Å²) in [5.41, 5.74) is 7.61. The van der Waals surface area contributed by atoms with Crippen LogP contribution in [0.15, 0.2) is 42.6 Å². The lowest BCUT2D eigenvalue weighted by Gasteiger charge is -2.22. The van der Waals surface area contributed by atoms with Crippen molar-refractivity contribution in [3.63, 3.8) is 0 Å². The van der Waals surface area contributed by atoms with Crippen LogP contribution in [0.4, 0.5) is 15.9 Å². The number of aromatic nitrogens is 1. The van der Waals surface area contributed by atoms with Crippen LogP contribution >= 0.6 is 0 Å². The Hall–Kier alpha value is -2.10. The third kappa shape index (κ3) is 2.97. The molecule has 0 atom stereocenters. The summed E-state index contributed by atoms with van der Waals surface area (Å²) in [5, 5.41) is 0. The molecule has 0 unspecified atom stereocenters. The number of pyridine rings is 1. The molecule has 0 spiro atoms. The molecule has 0 aliphatic carbocycles. The first kappa shape index (κ1) is 12.4. The lowest BCUT2D eigenvalue weighted by atomic mass is 10.2. The third-order valence-electron chi connectivity index (χ3n) is 2.74. The summed E-state index contributed by atoms with van der Waals surface area (Å²) in [7, 11) is 0. The average Bonchev–Trinajstić information content (AvgIpc) is 2.37. The molecular weight excluding hydrogens is 229 g/mol. The molecule has 2 aromatic rings. The highest BCUT2D eigenvalue weighted by molar-refractivity contribution is 5.44. The highest BCUT2D eigenvalue weighted by atomic mass is 19.1. The Kier molecular flexibility index (Phi) is 3.77. The molecule has 0 saturated heterocycles. The number of hydrogen-bond acceptors (Lipinski definition) is 3. The average molecular weight is 245 g/mol. The zero-order valence-corrected chi connectivity index (χ0v) is 10.3. The van der Waals surface area contributed by atoms with Gasteiger partial charge in [0, 0.05) is 18.8 Å². The van der Waals surface area contributed by atoms with E-state index in [9.17, 15) is 4.39 Å². The van der Waals surface area contributed by atoms with Gasteiger partial charge in [-0.15, -0.1) is 0 Å². The minimum absolute atomic E-state index is 0.321. The maximum absolute atomic E-state index is 12.8. The van der Waals surface area contributed by atoms with Crippen LogP contribution in [0.25, 0.3) is 0 Å². The van der Waals surface area contributed by atoms with Gasteiger partial charge in [0.15, 0.2) is 0 Å². The molecule has 1 aromatic heterocycles. The fraction of sp³-hybridized carbons (Fsp3) is 0.214. The van der Waals surface area contributed by atoms with Gasteiger partial charge in [-0.1, -0.05) is 12.1 Å². The van der Waals surface area contributed by atoms with Gasteiger partial charge in [0.25, 0.3) is 0 Å². The van der Waals surface area contributed by atoms with Gasteiger partial charge in [0.2, 0.25) is 0 Å². The summed E-state index contributed by atoms with van der Waals surface area (Å²) in [6, 6.07) is 10.8. The van der Waals surface area contributed by atoms with Crippen molar-refractivity contribution in [2.24, 2.45) is 0 Å². The van der Waals surface area contributed by atoms with E-state index in [0.29, 0.717) is 6.54 Å². The number of benzene rings is 1. The Balaban J connectivity index is 2.17. The SMILES string of the molecule is CCN(Cc1cccc(N)c1)c1ccc(F)cn1. The molecule has 1 aromatic carbocycles. The van der Waals surface area contributed by atoms with Crippen molar-refractivity contribution in [2.75, 3.05) is 17.2 Å². The van der Waals surface area contributed by atoms with Crippen molar-refractivity contribution in [2.45, 2.75) is 13.5 Å². The Bertz CT molecular complexity index is 511. The second-order valence-electron chi connectivity index (χ2n) is 4.09. The van der Waals surface area contributed by atoms with Gasteiger partial charge >= 0.3 is 0 Å². The Morgan fingerprint density at radius 1 is 1.28 bits per heavy atom. The van der Waals surface area contributed by atoms with Crippen molar-refractivity contribution in [3.05, 3.63) is 54.0 Å². The van der Waals surface area contributed by atoms with Crippen LogP contribution in [0, 0.1) is 5.82 Å². The highest BCUT2D eigenvalue weighted by Crippen LogP contribution is 2.15. The molecular formula is C14H16FN3. The molecule has 1 heterocycles. The minimum atomic E-state index is -0.321. The zero-order chi connectivity index (χ0) is 13.0. The second-order valence-corrected chi connectivity index (χ2v) is 4.09. The van der Waals surface area contributed by atoms with Crippen molar-refractivity contribution < 1.29 is 4.39 Å². The summed E-state index contributed by atoms with van der Waals surface area (Å²) < 4.78 is 12.8. The van der Waals surface area contributed by atoms with Gasteiger partial charge in [0.05, 0.1) is 6.20 Å². The summed E-state index contributed by atoms with van der Waals surface area (Å²) in [6.45, 7) is 3.55. The fourth-order valence-corrected chi connectivity index (χ4v) is 1.82. The Labute approximate surface area is 106 Å². The van der Waals surface area contributed by atoms with E-state index in [0.717, 1.165) is 23.6 Å². The number of halogens is 1. The van der Waals surface area contributed by atoms with Gasteiger partial charge < -0.3 is 10.6 Å². The monoisotopic (exact) mass is 245 g/mol. The quantitative estimate of drug-likeness (QED) is 0.842. The molecule has 2 N–H and O–H groups in total. The van der Waals surface area contributed by atoms with Crippen molar-refractivity contribution in [3.8, 4) is 0 Å². The number of nitrogens with zero attached hydrogens (tertiary/aromatic N) is 2. The van der Waals surface area contributed by atoms with E-state index in [1.807, 2.05) is 31.2 Å². The zero-order valence-electron chi connectivity index (χ0n) is 10.3. The molecule has 0 radical (unpaired) electrons. The first-order valence-electron chi connectivity index (χ1n) is 5.90. The van der Waals surface area contributed by atoms with Gasteiger partial charge in [-0.3, -0.25) is 0 Å². The first-order valence-corrected chi connectivity index (χ1v) is 5.90. The molecule has 2 rings (SSSR count). The van der Waals surface area contributed by atoms with Gasteiger partial charge in [-0.25, -0.2) is 9.37 Å². The van der Waals surface area contributed by atoms with Gasteiger partial charge in [-0.2, -0.15) is 0 Å². The van der Waals surface area contributed by atoms with Crippen molar-refractivity contribution in [1.82, 2.24) is 4.98 Å². The standard InChI is InChI=1S/C14H16FN3/c1-2-18(14-7-6-12(15)9-17-14)10-11-4-3-5-13(16)8-11/h3-9H,2,10,16H2,1H3. The first-order chi connectivity index (χ1) is 8.69. The molecule has 0 fully saturated rings. The molecule has 0 amide bonds.